The van der Waals surface area contributed by atoms with Crippen LogP contribution in [0.1, 0.15) is 33.1 Å². The first kappa shape index (κ1) is 12.2. The summed E-state index contributed by atoms with van der Waals surface area (Å²) in [6, 6.07) is 0. The zero-order chi connectivity index (χ0) is 11.4. The number of hydrogen-bond donors (Lipinski definition) is 2. The summed E-state index contributed by atoms with van der Waals surface area (Å²) in [6.45, 7) is 5.28. The summed E-state index contributed by atoms with van der Waals surface area (Å²) in [5.74, 6) is 0.751. The third kappa shape index (κ3) is 3.02. The number of rotatable bonds is 6. The highest BCUT2D eigenvalue weighted by molar-refractivity contribution is 7.71. The highest BCUT2D eigenvalue weighted by Crippen LogP contribution is 2.19. The first-order valence-corrected chi connectivity index (χ1v) is 5.77. The highest BCUT2D eigenvalue weighted by atomic mass is 32.1. The third-order valence-corrected chi connectivity index (χ3v) is 2.85. The maximum Gasteiger partial charge on any atom is 0.223 e. The van der Waals surface area contributed by atoms with Gasteiger partial charge in [-0.3, -0.25) is 4.79 Å². The van der Waals surface area contributed by atoms with Gasteiger partial charge in [-0.1, -0.05) is 38.9 Å². The van der Waals surface area contributed by atoms with Crippen LogP contribution < -0.4 is 16.5 Å². The Balaban J connectivity index is 2.22. The molecule has 0 aliphatic rings. The van der Waals surface area contributed by atoms with Crippen LogP contribution in [-0.4, -0.2) is 6.54 Å². The van der Waals surface area contributed by atoms with E-state index >= 15 is 0 Å². The van der Waals surface area contributed by atoms with E-state index in [1.54, 1.807) is 0 Å². The second kappa shape index (κ2) is 5.26. The second-order valence-electron chi connectivity index (χ2n) is 4.26. The molecule has 1 rings (SSSR count). The molecule has 0 aliphatic heterocycles. The van der Waals surface area contributed by atoms with Gasteiger partial charge in [0.2, 0.25) is 5.43 Å². The smallest absolute Gasteiger partial charge is 0.223 e. The van der Waals surface area contributed by atoms with Gasteiger partial charge in [-0.2, -0.15) is 0 Å². The Hall–Kier alpha value is -0.900. The maximum absolute atomic E-state index is 11.0. The minimum Gasteiger partial charge on any atom is -0.394 e. The average molecular weight is 226 g/mol. The van der Waals surface area contributed by atoms with Crippen molar-refractivity contribution >= 4 is 23.6 Å². The van der Waals surface area contributed by atoms with E-state index in [1.165, 1.54) is 12.8 Å². The van der Waals surface area contributed by atoms with Gasteiger partial charge in [-0.05, 0) is 12.3 Å². The van der Waals surface area contributed by atoms with Gasteiger partial charge in [0.15, 0.2) is 0 Å². The molecule has 0 fully saturated rings. The molecule has 1 aromatic carbocycles. The molecule has 0 atom stereocenters. The lowest BCUT2D eigenvalue weighted by Crippen LogP contribution is -2.20. The Kier molecular flexibility index (Phi) is 4.27. The molecule has 0 aromatic heterocycles. The van der Waals surface area contributed by atoms with E-state index < -0.39 is 0 Å². The van der Waals surface area contributed by atoms with Crippen molar-refractivity contribution in [1.82, 2.24) is 0 Å². The zero-order valence-electron chi connectivity index (χ0n) is 9.30. The van der Waals surface area contributed by atoms with E-state index in [-0.39, 0.29) is 5.43 Å². The average Bonchev–Trinajstić information content (AvgIpc) is 2.21. The number of unbranched alkanes of at least 4 members (excludes halogenated alkanes) is 1. The molecule has 0 heterocycles. The topological polar surface area (TPSA) is 55.1 Å². The van der Waals surface area contributed by atoms with Crippen molar-refractivity contribution in [2.24, 2.45) is 5.92 Å². The van der Waals surface area contributed by atoms with Crippen LogP contribution in [0.25, 0.3) is 0 Å². The van der Waals surface area contributed by atoms with Gasteiger partial charge in [0, 0.05) is 6.54 Å². The fourth-order valence-electron chi connectivity index (χ4n) is 1.48. The van der Waals surface area contributed by atoms with Crippen molar-refractivity contribution in [3.8, 4) is 0 Å². The number of nitrogens with one attached hydrogen (secondary N) is 1. The summed E-state index contributed by atoms with van der Waals surface area (Å²) in [7, 11) is 0. The Bertz CT molecular complexity index is 391. The largest absolute Gasteiger partial charge is 0.394 e. The zero-order valence-corrected chi connectivity index (χ0v) is 10.1. The predicted molar refractivity (Wildman–Crippen MR) is 67.5 cm³/mol. The molecule has 0 amide bonds. The molecule has 0 aliphatic carbocycles. The number of nitrogens with two attached hydrogens (primary N) is 1. The van der Waals surface area contributed by atoms with Crippen molar-refractivity contribution < 1.29 is 0 Å². The number of anilines is 2. The molecule has 4 heteroatoms. The monoisotopic (exact) mass is 226 g/mol. The fourth-order valence-corrected chi connectivity index (χ4v) is 1.77. The van der Waals surface area contributed by atoms with Gasteiger partial charge >= 0.3 is 0 Å². The molecule has 84 valence electrons. The summed E-state index contributed by atoms with van der Waals surface area (Å²) >= 11 is 4.87. The molecule has 0 unspecified atom stereocenters. The molecule has 0 saturated heterocycles. The summed E-state index contributed by atoms with van der Waals surface area (Å²) < 4.78 is 0.358. The van der Waals surface area contributed by atoms with Crippen LogP contribution in [0.4, 0.5) is 11.4 Å². The molecule has 3 nitrogen and oxygen atoms in total. The normalized spacial score (nSPS) is 11.1. The van der Waals surface area contributed by atoms with Crippen molar-refractivity contribution in [2.75, 3.05) is 17.6 Å². The van der Waals surface area contributed by atoms with Crippen LogP contribution in [0.2, 0.25) is 0 Å². The number of hydrogen-bond acceptors (Lipinski definition) is 4. The Labute approximate surface area is 95.4 Å². The maximum atomic E-state index is 11.0. The molecule has 0 spiro atoms. The van der Waals surface area contributed by atoms with Crippen molar-refractivity contribution in [2.45, 2.75) is 33.1 Å². The van der Waals surface area contributed by atoms with Gasteiger partial charge in [0.1, 0.15) is 10.2 Å². The van der Waals surface area contributed by atoms with Gasteiger partial charge in [0.05, 0.1) is 5.69 Å². The van der Waals surface area contributed by atoms with E-state index in [1.807, 2.05) is 0 Å². The van der Waals surface area contributed by atoms with Crippen LogP contribution in [0.3, 0.4) is 0 Å². The molecular formula is C11H18N2OS. The van der Waals surface area contributed by atoms with Crippen LogP contribution in [0.15, 0.2) is 4.79 Å². The standard InChI is InChI=1S/C11H18N2OS/c1-7(2)5-3-4-6-13-9-8(12)10(14)11(9)15/h7,13H,3-6,12H2,1-2H3. The highest BCUT2D eigenvalue weighted by Gasteiger charge is 2.12. The molecule has 0 bridgehead atoms. The predicted octanol–water partition coefficient (Wildman–Crippen LogP) is 2.47. The lowest BCUT2D eigenvalue weighted by atomic mass is 10.1. The first-order chi connectivity index (χ1) is 7.04. The van der Waals surface area contributed by atoms with E-state index in [2.05, 4.69) is 19.2 Å². The Morgan fingerprint density at radius 1 is 1.40 bits per heavy atom. The van der Waals surface area contributed by atoms with E-state index in [0.29, 0.717) is 15.9 Å². The van der Waals surface area contributed by atoms with Gasteiger partial charge < -0.3 is 11.1 Å². The van der Waals surface area contributed by atoms with Gasteiger partial charge in [-0.25, -0.2) is 0 Å². The third-order valence-electron chi connectivity index (χ3n) is 2.46. The minimum atomic E-state index is -0.185. The Morgan fingerprint density at radius 3 is 2.60 bits per heavy atom. The van der Waals surface area contributed by atoms with Crippen molar-refractivity contribution in [3.05, 3.63) is 14.7 Å². The van der Waals surface area contributed by atoms with E-state index in [9.17, 15) is 4.79 Å². The molecule has 0 radical (unpaired) electrons. The molecule has 15 heavy (non-hydrogen) atoms. The van der Waals surface area contributed by atoms with Crippen LogP contribution in [0, 0.1) is 10.4 Å². The summed E-state index contributed by atoms with van der Waals surface area (Å²) in [6.07, 6.45) is 3.52. The van der Waals surface area contributed by atoms with E-state index in [4.69, 9.17) is 18.0 Å². The van der Waals surface area contributed by atoms with Crippen molar-refractivity contribution in [3.63, 3.8) is 0 Å². The number of nitrogen functional groups attached to an aromatic ring is 1. The van der Waals surface area contributed by atoms with Gasteiger partial charge in [0.25, 0.3) is 0 Å². The quantitative estimate of drug-likeness (QED) is 0.578. The van der Waals surface area contributed by atoms with Gasteiger partial charge in [-0.15, -0.1) is 0 Å². The van der Waals surface area contributed by atoms with E-state index in [0.717, 1.165) is 18.9 Å². The molecular weight excluding hydrogens is 208 g/mol. The Morgan fingerprint density at radius 2 is 2.07 bits per heavy atom. The molecule has 3 N–H and O–H groups in total. The fraction of sp³-hybridized carbons (Fsp3) is 0.636. The van der Waals surface area contributed by atoms with Crippen LogP contribution >= 0.6 is 12.2 Å². The molecule has 0 saturated carbocycles. The van der Waals surface area contributed by atoms with Crippen LogP contribution in [-0.2, 0) is 0 Å². The lowest BCUT2D eigenvalue weighted by Gasteiger charge is -2.11. The summed E-state index contributed by atoms with van der Waals surface area (Å²) in [5, 5.41) is 3.12. The minimum absolute atomic E-state index is 0.185. The second-order valence-corrected chi connectivity index (χ2v) is 4.67. The lowest BCUT2D eigenvalue weighted by molar-refractivity contribution is 0.545. The van der Waals surface area contributed by atoms with Crippen molar-refractivity contribution in [1.29, 1.82) is 0 Å². The first-order valence-electron chi connectivity index (χ1n) is 5.36. The summed E-state index contributed by atoms with van der Waals surface area (Å²) in [5.41, 5.74) is 6.29. The summed E-state index contributed by atoms with van der Waals surface area (Å²) in [4.78, 5) is 11.0. The molecule has 1 aromatic rings. The SMILES string of the molecule is CC(C)CCCCNc1c(N)c(=O)c1=S. The van der Waals surface area contributed by atoms with Crippen LogP contribution in [0.5, 0.6) is 0 Å².